The lowest BCUT2D eigenvalue weighted by Gasteiger charge is -2.41. The lowest BCUT2D eigenvalue weighted by molar-refractivity contribution is -0.384. The fourth-order valence-electron chi connectivity index (χ4n) is 5.96. The second-order valence-electron chi connectivity index (χ2n) is 10.8. The van der Waals surface area contributed by atoms with Crippen molar-refractivity contribution in [1.29, 1.82) is 0 Å². The molecule has 0 radical (unpaired) electrons. The van der Waals surface area contributed by atoms with E-state index >= 15 is 0 Å². The average molecular weight is 622 g/mol. The van der Waals surface area contributed by atoms with Gasteiger partial charge >= 0.3 is 6.09 Å². The largest absolute Gasteiger partial charge is 0.465 e. The fourth-order valence-corrected chi connectivity index (χ4v) is 7.49. The van der Waals surface area contributed by atoms with Crippen molar-refractivity contribution in [3.63, 3.8) is 0 Å². The molecule has 234 valence electrons. The van der Waals surface area contributed by atoms with E-state index in [1.165, 1.54) is 0 Å². The van der Waals surface area contributed by atoms with Gasteiger partial charge in [-0.2, -0.15) is 0 Å². The van der Waals surface area contributed by atoms with Crippen LogP contribution in [0.25, 0.3) is 0 Å². The van der Waals surface area contributed by atoms with Gasteiger partial charge in [-0.15, -0.1) is 0 Å². The average Bonchev–Trinajstić information content (AvgIpc) is 3.62. The SMILES string of the molecule is O=C(O)N[C@@H](Cc1ccccc1)[C@@H](O)C([C@@H]1CO[C@H]2OCC[C@H]21)N(OC1CCOCC1)S(=O)(=O)c1ccc([N+](=O)[O-])cc1. The van der Waals surface area contributed by atoms with Gasteiger partial charge in [0.15, 0.2) is 6.29 Å². The Kier molecular flexibility index (Phi) is 9.91. The quantitative estimate of drug-likeness (QED) is 0.233. The molecule has 2 aromatic rings. The molecule has 6 atom stereocenters. The van der Waals surface area contributed by atoms with Gasteiger partial charge in [-0.3, -0.25) is 15.0 Å². The fraction of sp³-hybridized carbons (Fsp3) is 0.536. The molecule has 15 heteroatoms. The highest BCUT2D eigenvalue weighted by Gasteiger charge is 2.53. The van der Waals surface area contributed by atoms with Gasteiger partial charge in [0.05, 0.1) is 47.3 Å². The van der Waals surface area contributed by atoms with E-state index in [4.69, 9.17) is 19.0 Å². The number of sulfonamides is 1. The first-order valence-electron chi connectivity index (χ1n) is 14.1. The van der Waals surface area contributed by atoms with E-state index in [9.17, 15) is 33.5 Å². The predicted octanol–water partition coefficient (Wildman–Crippen LogP) is 2.31. The van der Waals surface area contributed by atoms with E-state index < -0.39 is 57.5 Å². The van der Waals surface area contributed by atoms with Crippen LogP contribution in [0, 0.1) is 22.0 Å². The monoisotopic (exact) mass is 621 g/mol. The number of hydrogen-bond donors (Lipinski definition) is 3. The number of aliphatic hydroxyl groups excluding tert-OH is 1. The number of rotatable bonds is 12. The summed E-state index contributed by atoms with van der Waals surface area (Å²) in [6.45, 7) is 1.09. The molecule has 0 bridgehead atoms. The summed E-state index contributed by atoms with van der Waals surface area (Å²) < 4.78 is 46.5. The number of carbonyl (C=O) groups is 1. The summed E-state index contributed by atoms with van der Waals surface area (Å²) in [6, 6.07) is 10.8. The Morgan fingerprint density at radius 1 is 1.07 bits per heavy atom. The standard InChI is InChI=1S/C28H35N3O11S/c32-26(24(29-28(33)34)16-18-4-2-1-3-5-18)25(23-17-41-27-22(23)12-15-40-27)31(42-20-10-13-39-14-11-20)43(37,38)21-8-6-19(7-9-21)30(35)36/h1-9,20,22-27,29,32H,10-17H2,(H,33,34)/t22-,23+,24-,25?,26+,27+/m0/s1. The van der Waals surface area contributed by atoms with Gasteiger partial charge in [0.1, 0.15) is 0 Å². The molecule has 3 aliphatic heterocycles. The molecule has 1 amide bonds. The smallest absolute Gasteiger partial charge is 0.404 e. The van der Waals surface area contributed by atoms with Crippen molar-refractivity contribution in [3.05, 3.63) is 70.3 Å². The third-order valence-electron chi connectivity index (χ3n) is 8.14. The third-order valence-corrected chi connectivity index (χ3v) is 9.81. The summed E-state index contributed by atoms with van der Waals surface area (Å²) in [6.07, 6.45) is -2.82. The second-order valence-corrected chi connectivity index (χ2v) is 12.6. The Hall–Kier alpha value is -3.18. The van der Waals surface area contributed by atoms with Gasteiger partial charge in [0, 0.05) is 37.2 Å². The number of fused-ring (bicyclic) bond motifs is 1. The number of hydroxylamine groups is 1. The van der Waals surface area contributed by atoms with E-state index in [1.807, 2.05) is 0 Å². The molecule has 0 spiro atoms. The number of nitrogens with zero attached hydrogens (tertiary/aromatic N) is 2. The van der Waals surface area contributed by atoms with Gasteiger partial charge in [-0.25, -0.2) is 13.2 Å². The molecule has 3 saturated heterocycles. The van der Waals surface area contributed by atoms with Crippen LogP contribution in [0.4, 0.5) is 10.5 Å². The highest BCUT2D eigenvalue weighted by molar-refractivity contribution is 7.89. The first kappa shape index (κ1) is 31.3. The van der Waals surface area contributed by atoms with Crippen LogP contribution in [0.3, 0.4) is 0 Å². The third kappa shape index (κ3) is 7.15. The molecule has 1 unspecified atom stereocenters. The lowest BCUT2D eigenvalue weighted by Crippen LogP contribution is -2.60. The number of hydrogen-bond acceptors (Lipinski definition) is 10. The first-order valence-corrected chi connectivity index (χ1v) is 15.6. The normalized spacial score (nSPS) is 24.7. The van der Waals surface area contributed by atoms with E-state index in [0.717, 1.165) is 34.3 Å². The number of amides is 1. The minimum Gasteiger partial charge on any atom is -0.465 e. The topological polar surface area (TPSA) is 187 Å². The maximum absolute atomic E-state index is 14.4. The minimum atomic E-state index is -4.57. The van der Waals surface area contributed by atoms with E-state index in [0.29, 0.717) is 39.1 Å². The molecule has 3 heterocycles. The lowest BCUT2D eigenvalue weighted by atomic mass is 9.82. The molecule has 3 fully saturated rings. The van der Waals surface area contributed by atoms with E-state index in [-0.39, 0.29) is 29.5 Å². The Morgan fingerprint density at radius 3 is 2.42 bits per heavy atom. The molecule has 3 N–H and O–H groups in total. The Morgan fingerprint density at radius 2 is 1.77 bits per heavy atom. The first-order chi connectivity index (χ1) is 20.6. The molecular formula is C28H35N3O11S. The van der Waals surface area contributed by atoms with Gasteiger partial charge in [-0.1, -0.05) is 34.8 Å². The zero-order valence-electron chi connectivity index (χ0n) is 23.3. The van der Waals surface area contributed by atoms with Crippen molar-refractivity contribution >= 4 is 21.8 Å². The summed E-state index contributed by atoms with van der Waals surface area (Å²) in [5.41, 5.74) is 0.426. The highest BCUT2D eigenvalue weighted by atomic mass is 32.2. The summed E-state index contributed by atoms with van der Waals surface area (Å²) in [4.78, 5) is 28.5. The van der Waals surface area contributed by atoms with E-state index in [2.05, 4.69) is 5.32 Å². The molecule has 0 saturated carbocycles. The Bertz CT molecular complexity index is 1360. The van der Waals surface area contributed by atoms with Crippen LogP contribution in [-0.2, 0) is 35.5 Å². The molecule has 14 nitrogen and oxygen atoms in total. The number of aliphatic hydroxyl groups is 1. The summed E-state index contributed by atoms with van der Waals surface area (Å²) in [5, 5.41) is 35.4. The zero-order chi connectivity index (χ0) is 30.6. The number of ether oxygens (including phenoxy) is 3. The molecule has 5 rings (SSSR count). The maximum Gasteiger partial charge on any atom is 0.404 e. The second kappa shape index (κ2) is 13.6. The van der Waals surface area contributed by atoms with Crippen LogP contribution >= 0.6 is 0 Å². The van der Waals surface area contributed by atoms with Crippen LogP contribution in [0.2, 0.25) is 0 Å². The van der Waals surface area contributed by atoms with Crippen molar-refractivity contribution in [3.8, 4) is 0 Å². The highest BCUT2D eigenvalue weighted by Crippen LogP contribution is 2.42. The van der Waals surface area contributed by atoms with Gasteiger partial charge in [0.25, 0.3) is 15.7 Å². The summed E-state index contributed by atoms with van der Waals surface area (Å²) in [7, 11) is -4.57. The summed E-state index contributed by atoms with van der Waals surface area (Å²) in [5.74, 6) is -0.932. The van der Waals surface area contributed by atoms with Crippen LogP contribution < -0.4 is 5.32 Å². The van der Waals surface area contributed by atoms with Gasteiger partial charge < -0.3 is 29.7 Å². The predicted molar refractivity (Wildman–Crippen MR) is 149 cm³/mol. The maximum atomic E-state index is 14.4. The number of nitro groups is 1. The summed E-state index contributed by atoms with van der Waals surface area (Å²) >= 11 is 0. The molecule has 3 aliphatic rings. The molecule has 0 aromatic heterocycles. The molecule has 2 aromatic carbocycles. The molecule has 0 aliphatic carbocycles. The Balaban J connectivity index is 1.59. The molecular weight excluding hydrogens is 586 g/mol. The van der Waals surface area contributed by atoms with Crippen molar-refractivity contribution in [2.75, 3.05) is 26.4 Å². The minimum absolute atomic E-state index is 0.0333. The van der Waals surface area contributed by atoms with Crippen LogP contribution in [-0.4, -0.2) is 91.1 Å². The van der Waals surface area contributed by atoms with Crippen molar-refractivity contribution < 1.29 is 47.4 Å². The van der Waals surface area contributed by atoms with Crippen LogP contribution in [0.15, 0.2) is 59.5 Å². The number of nitrogens with one attached hydrogen (secondary N) is 1. The van der Waals surface area contributed by atoms with Crippen molar-refractivity contribution in [2.45, 2.75) is 61.2 Å². The van der Waals surface area contributed by atoms with E-state index in [1.54, 1.807) is 30.3 Å². The number of benzene rings is 2. The van der Waals surface area contributed by atoms with Gasteiger partial charge in [0.2, 0.25) is 0 Å². The van der Waals surface area contributed by atoms with Crippen molar-refractivity contribution in [1.82, 2.24) is 9.79 Å². The zero-order valence-corrected chi connectivity index (χ0v) is 24.1. The van der Waals surface area contributed by atoms with Crippen molar-refractivity contribution in [2.24, 2.45) is 11.8 Å². The molecule has 43 heavy (non-hydrogen) atoms. The number of nitro benzene ring substituents is 1. The Labute approximate surface area is 248 Å². The number of non-ortho nitro benzene ring substituents is 1. The van der Waals surface area contributed by atoms with Crippen LogP contribution in [0.1, 0.15) is 24.8 Å². The van der Waals surface area contributed by atoms with Gasteiger partial charge in [-0.05, 0) is 43.4 Å². The van der Waals surface area contributed by atoms with Crippen LogP contribution in [0.5, 0.6) is 0 Å². The number of carboxylic acid groups (broad SMARTS) is 1.